The van der Waals surface area contributed by atoms with Crippen LogP contribution in [0, 0.1) is 0 Å². The van der Waals surface area contributed by atoms with E-state index in [4.69, 9.17) is 0 Å². The summed E-state index contributed by atoms with van der Waals surface area (Å²) in [4.78, 5) is 25.2. The maximum absolute atomic E-state index is 12.1. The number of anilines is 1. The first-order valence-corrected chi connectivity index (χ1v) is 11.0. The summed E-state index contributed by atoms with van der Waals surface area (Å²) < 4.78 is 0.857. The van der Waals surface area contributed by atoms with Crippen molar-refractivity contribution in [3.05, 3.63) is 69.6 Å². The number of carbonyl (C=O) groups excluding carboxylic acids is 2. The van der Waals surface area contributed by atoms with Gasteiger partial charge in [0.25, 0.3) is 5.91 Å². The van der Waals surface area contributed by atoms with Crippen molar-refractivity contribution in [3.63, 3.8) is 0 Å². The van der Waals surface area contributed by atoms with Gasteiger partial charge in [-0.3, -0.25) is 14.9 Å². The normalized spacial score (nSPS) is 10.5. The highest BCUT2D eigenvalue weighted by Gasteiger charge is 2.10. The Kier molecular flexibility index (Phi) is 7.58. The molecule has 3 rings (SSSR count). The van der Waals surface area contributed by atoms with E-state index in [1.54, 1.807) is 12.1 Å². The van der Waals surface area contributed by atoms with Gasteiger partial charge in [0.05, 0.1) is 5.75 Å². The Hall–Kier alpha value is -2.23. The summed E-state index contributed by atoms with van der Waals surface area (Å²) in [6, 6.07) is 16.9. The summed E-state index contributed by atoms with van der Waals surface area (Å²) in [5.41, 5.74) is 0.593. The monoisotopic (exact) mass is 476 g/mol. The molecule has 1 aromatic heterocycles. The first-order valence-electron chi connectivity index (χ1n) is 8.44. The molecule has 3 aromatic rings. The van der Waals surface area contributed by atoms with Crippen LogP contribution in [0.1, 0.15) is 15.4 Å². The Morgan fingerprint density at radius 1 is 1.07 bits per heavy atom. The molecule has 2 aromatic carbocycles. The fraction of sp³-hybridized carbons (Fsp3) is 0.158. The molecule has 1 heterocycles. The number of halogens is 1. The first kappa shape index (κ1) is 20.5. The zero-order chi connectivity index (χ0) is 19.8. The van der Waals surface area contributed by atoms with Crippen molar-refractivity contribution in [1.29, 1.82) is 0 Å². The number of aromatic nitrogens is 2. The van der Waals surface area contributed by atoms with Crippen molar-refractivity contribution in [2.75, 3.05) is 17.6 Å². The zero-order valence-corrected chi connectivity index (χ0v) is 17.9. The minimum atomic E-state index is -0.141. The number of hydrogen-bond acceptors (Lipinski definition) is 6. The predicted molar refractivity (Wildman–Crippen MR) is 116 cm³/mol. The van der Waals surface area contributed by atoms with Crippen LogP contribution in [0.2, 0.25) is 0 Å². The number of benzene rings is 2. The van der Waals surface area contributed by atoms with Crippen LogP contribution in [0.15, 0.2) is 64.0 Å². The molecule has 0 saturated carbocycles. The van der Waals surface area contributed by atoms with Crippen molar-refractivity contribution in [2.24, 2.45) is 0 Å². The summed E-state index contributed by atoms with van der Waals surface area (Å²) in [6.45, 7) is 0.442. The molecule has 0 aliphatic carbocycles. The van der Waals surface area contributed by atoms with Gasteiger partial charge >= 0.3 is 0 Å². The molecule has 0 fully saturated rings. The van der Waals surface area contributed by atoms with Crippen molar-refractivity contribution in [3.8, 4) is 0 Å². The molecule has 2 N–H and O–H groups in total. The lowest BCUT2D eigenvalue weighted by Crippen LogP contribution is -2.25. The third-order valence-electron chi connectivity index (χ3n) is 3.54. The van der Waals surface area contributed by atoms with Crippen molar-refractivity contribution in [1.82, 2.24) is 15.5 Å². The molecular weight excluding hydrogens is 460 g/mol. The number of amides is 2. The molecule has 28 heavy (non-hydrogen) atoms. The van der Waals surface area contributed by atoms with Crippen molar-refractivity contribution >= 4 is 56.0 Å². The summed E-state index contributed by atoms with van der Waals surface area (Å²) in [6.07, 6.45) is 0.548. The smallest absolute Gasteiger partial charge is 0.251 e. The molecule has 0 bridgehead atoms. The van der Waals surface area contributed by atoms with E-state index in [1.165, 1.54) is 23.1 Å². The van der Waals surface area contributed by atoms with Crippen LogP contribution in [0.25, 0.3) is 0 Å². The van der Waals surface area contributed by atoms with Crippen molar-refractivity contribution in [2.45, 2.75) is 11.3 Å². The Balaban J connectivity index is 1.41. The highest BCUT2D eigenvalue weighted by Crippen LogP contribution is 2.19. The lowest BCUT2D eigenvalue weighted by Gasteiger charge is -2.04. The molecule has 0 radical (unpaired) electrons. The van der Waals surface area contributed by atoms with Gasteiger partial charge < -0.3 is 5.32 Å². The van der Waals surface area contributed by atoms with E-state index < -0.39 is 0 Å². The maximum atomic E-state index is 12.1. The number of nitrogens with zero attached hydrogens (tertiary/aromatic N) is 2. The second kappa shape index (κ2) is 10.4. The summed E-state index contributed by atoms with van der Waals surface area (Å²) in [5.74, 6) is 0.0403. The Labute approximate surface area is 179 Å². The van der Waals surface area contributed by atoms with Gasteiger partial charge in [0.1, 0.15) is 5.01 Å². The molecule has 0 saturated heterocycles. The Morgan fingerprint density at radius 3 is 2.68 bits per heavy atom. The fourth-order valence-corrected chi connectivity index (χ4v) is 4.12. The number of nitrogens with one attached hydrogen (secondary N) is 2. The van der Waals surface area contributed by atoms with Crippen molar-refractivity contribution < 1.29 is 9.59 Å². The fourth-order valence-electron chi connectivity index (χ4n) is 2.24. The van der Waals surface area contributed by atoms with E-state index in [0.29, 0.717) is 29.4 Å². The number of carbonyl (C=O) groups is 2. The maximum Gasteiger partial charge on any atom is 0.251 e. The third-order valence-corrected chi connectivity index (χ3v) is 5.94. The van der Waals surface area contributed by atoms with Gasteiger partial charge in [0.2, 0.25) is 11.0 Å². The van der Waals surface area contributed by atoms with Crippen LogP contribution in [-0.4, -0.2) is 34.3 Å². The van der Waals surface area contributed by atoms with Gasteiger partial charge in [-0.25, -0.2) is 0 Å². The van der Waals surface area contributed by atoms with E-state index in [2.05, 4.69) is 36.8 Å². The molecule has 0 aliphatic rings. The SMILES string of the molecule is O=C(CSc1ccccc1)Nc1nnc(CCNC(=O)c2cccc(Br)c2)s1. The largest absolute Gasteiger partial charge is 0.352 e. The zero-order valence-electron chi connectivity index (χ0n) is 14.7. The highest BCUT2D eigenvalue weighted by molar-refractivity contribution is 9.10. The molecule has 0 atom stereocenters. The topological polar surface area (TPSA) is 84.0 Å². The van der Waals surface area contributed by atoms with Gasteiger partial charge in [-0.1, -0.05) is 51.5 Å². The molecule has 2 amide bonds. The summed E-state index contributed by atoms with van der Waals surface area (Å²) in [5, 5.41) is 14.9. The molecule has 0 unspecified atom stereocenters. The second-order valence-corrected chi connectivity index (χ2v) is 8.69. The summed E-state index contributed by atoms with van der Waals surface area (Å²) in [7, 11) is 0. The van der Waals surface area contributed by atoms with Crippen LogP contribution in [0.3, 0.4) is 0 Å². The van der Waals surface area contributed by atoms with Crippen LogP contribution in [-0.2, 0) is 11.2 Å². The highest BCUT2D eigenvalue weighted by atomic mass is 79.9. The average Bonchev–Trinajstić information content (AvgIpc) is 3.14. The predicted octanol–water partition coefficient (Wildman–Crippen LogP) is 4.00. The van der Waals surface area contributed by atoms with E-state index in [1.807, 2.05) is 42.5 Å². The molecular formula is C19H17BrN4O2S2. The minimum absolute atomic E-state index is 0.125. The van der Waals surface area contributed by atoms with E-state index in [0.717, 1.165) is 14.4 Å². The number of rotatable bonds is 8. The van der Waals surface area contributed by atoms with Gasteiger partial charge in [-0.15, -0.1) is 22.0 Å². The quantitative estimate of drug-likeness (QED) is 0.479. The standard InChI is InChI=1S/C19H17BrN4O2S2/c20-14-6-4-5-13(11-14)18(26)21-10-9-17-23-24-19(28-17)22-16(25)12-27-15-7-2-1-3-8-15/h1-8,11H,9-10,12H2,(H,21,26)(H,22,24,25). The van der Waals surface area contributed by atoms with E-state index >= 15 is 0 Å². The third kappa shape index (κ3) is 6.43. The van der Waals surface area contributed by atoms with Crippen LogP contribution in [0.5, 0.6) is 0 Å². The Bertz CT molecular complexity index is 950. The average molecular weight is 477 g/mol. The van der Waals surface area contributed by atoms with Gasteiger partial charge in [0, 0.05) is 27.9 Å². The second-order valence-electron chi connectivity index (χ2n) is 5.67. The van der Waals surface area contributed by atoms with E-state index in [9.17, 15) is 9.59 Å². The van der Waals surface area contributed by atoms with Crippen LogP contribution in [0.4, 0.5) is 5.13 Å². The minimum Gasteiger partial charge on any atom is -0.352 e. The molecule has 0 aliphatic heterocycles. The lowest BCUT2D eigenvalue weighted by molar-refractivity contribution is -0.113. The molecule has 6 nitrogen and oxygen atoms in total. The summed E-state index contributed by atoms with van der Waals surface area (Å²) >= 11 is 6.12. The number of thioether (sulfide) groups is 1. The lowest BCUT2D eigenvalue weighted by atomic mass is 10.2. The number of hydrogen-bond donors (Lipinski definition) is 2. The Morgan fingerprint density at radius 2 is 1.89 bits per heavy atom. The van der Waals surface area contributed by atoms with Gasteiger partial charge in [-0.05, 0) is 30.3 Å². The van der Waals surface area contributed by atoms with Crippen LogP contribution >= 0.6 is 39.0 Å². The molecule has 0 spiro atoms. The molecule has 144 valence electrons. The van der Waals surface area contributed by atoms with E-state index in [-0.39, 0.29) is 11.8 Å². The van der Waals surface area contributed by atoms with Gasteiger partial charge in [-0.2, -0.15) is 0 Å². The first-order chi connectivity index (χ1) is 13.6. The van der Waals surface area contributed by atoms with Crippen LogP contribution < -0.4 is 10.6 Å². The molecule has 9 heteroatoms. The van der Waals surface area contributed by atoms with Gasteiger partial charge in [0.15, 0.2) is 0 Å².